The van der Waals surface area contributed by atoms with Crippen LogP contribution in [0, 0.1) is 6.92 Å². The molecular weight excluding hydrogens is 240 g/mol. The first-order valence-corrected chi connectivity index (χ1v) is 6.55. The molecule has 19 heavy (non-hydrogen) atoms. The fraction of sp³-hybridized carbons (Fsp3) is 0.462. The summed E-state index contributed by atoms with van der Waals surface area (Å²) in [4.78, 5) is 11.0. The molecule has 3 heterocycles. The molecule has 100 valence electrons. The molecule has 0 aliphatic carbocycles. The van der Waals surface area contributed by atoms with E-state index in [2.05, 4.69) is 43.4 Å². The predicted molar refractivity (Wildman–Crippen MR) is 74.0 cm³/mol. The average Bonchev–Trinajstić information content (AvgIpc) is 2.88. The third kappa shape index (κ3) is 2.58. The molecule has 3 rings (SSSR count). The van der Waals surface area contributed by atoms with E-state index in [1.165, 1.54) is 0 Å². The van der Waals surface area contributed by atoms with Crippen molar-refractivity contribution in [3.63, 3.8) is 0 Å². The van der Waals surface area contributed by atoms with Gasteiger partial charge in [0.05, 0.1) is 0 Å². The lowest BCUT2D eigenvalue weighted by atomic mass is 10.2. The van der Waals surface area contributed by atoms with Gasteiger partial charge in [0.2, 0.25) is 5.95 Å². The van der Waals surface area contributed by atoms with E-state index in [0.29, 0.717) is 6.04 Å². The number of H-pyrrole nitrogens is 1. The smallest absolute Gasteiger partial charge is 0.245 e. The first kappa shape index (κ1) is 12.1. The van der Waals surface area contributed by atoms with Gasteiger partial charge in [-0.15, -0.1) is 5.10 Å². The Kier molecular flexibility index (Phi) is 3.16. The quantitative estimate of drug-likeness (QED) is 0.840. The Bertz CT molecular complexity index is 564. The molecule has 0 saturated carbocycles. The Morgan fingerprint density at radius 1 is 1.37 bits per heavy atom. The summed E-state index contributed by atoms with van der Waals surface area (Å²) in [5.74, 6) is 1.54. The molecule has 2 N–H and O–H groups in total. The molecule has 2 aromatic heterocycles. The van der Waals surface area contributed by atoms with Crippen molar-refractivity contribution in [2.24, 2.45) is 0 Å². The highest BCUT2D eigenvalue weighted by Crippen LogP contribution is 2.18. The van der Waals surface area contributed by atoms with Crippen molar-refractivity contribution in [3.8, 4) is 11.4 Å². The summed E-state index contributed by atoms with van der Waals surface area (Å²) in [7, 11) is 0. The zero-order chi connectivity index (χ0) is 13.2. The highest BCUT2D eigenvalue weighted by atomic mass is 15.4. The minimum absolute atomic E-state index is 0.469. The van der Waals surface area contributed by atoms with Crippen LogP contribution in [0.4, 0.5) is 5.95 Å². The SMILES string of the molecule is Cc1cncc(-c2nc(N3CCN[C@@H](C)C3)n[nH]2)c1. The van der Waals surface area contributed by atoms with Gasteiger partial charge in [-0.05, 0) is 25.5 Å². The number of nitrogens with zero attached hydrogens (tertiary/aromatic N) is 4. The molecule has 1 aliphatic rings. The van der Waals surface area contributed by atoms with Gasteiger partial charge in [-0.1, -0.05) is 0 Å². The summed E-state index contributed by atoms with van der Waals surface area (Å²) in [5.41, 5.74) is 2.09. The molecule has 6 nitrogen and oxygen atoms in total. The molecular formula is C13H18N6. The van der Waals surface area contributed by atoms with Crippen LogP contribution < -0.4 is 10.2 Å². The average molecular weight is 258 g/mol. The normalized spacial score (nSPS) is 19.7. The van der Waals surface area contributed by atoms with Gasteiger partial charge in [-0.2, -0.15) is 4.98 Å². The van der Waals surface area contributed by atoms with Gasteiger partial charge in [-0.3, -0.25) is 10.1 Å². The van der Waals surface area contributed by atoms with E-state index in [4.69, 9.17) is 0 Å². The molecule has 1 atom stereocenters. The minimum Gasteiger partial charge on any atom is -0.337 e. The largest absolute Gasteiger partial charge is 0.337 e. The van der Waals surface area contributed by atoms with Crippen LogP contribution in [0.3, 0.4) is 0 Å². The fourth-order valence-electron chi connectivity index (χ4n) is 2.32. The molecule has 1 fully saturated rings. The topological polar surface area (TPSA) is 69.7 Å². The Balaban J connectivity index is 1.83. The van der Waals surface area contributed by atoms with Crippen molar-refractivity contribution >= 4 is 5.95 Å². The number of pyridine rings is 1. The summed E-state index contributed by atoms with van der Waals surface area (Å²) in [6.07, 6.45) is 3.64. The minimum atomic E-state index is 0.469. The molecule has 0 bridgehead atoms. The van der Waals surface area contributed by atoms with Crippen LogP contribution in [0.5, 0.6) is 0 Å². The van der Waals surface area contributed by atoms with Crippen LogP contribution >= 0.6 is 0 Å². The molecule has 1 saturated heterocycles. The van der Waals surface area contributed by atoms with Crippen molar-refractivity contribution in [3.05, 3.63) is 24.0 Å². The number of aromatic amines is 1. The monoisotopic (exact) mass is 258 g/mol. The predicted octanol–water partition coefficient (Wildman–Crippen LogP) is 0.973. The zero-order valence-electron chi connectivity index (χ0n) is 11.2. The zero-order valence-corrected chi connectivity index (χ0v) is 11.2. The molecule has 1 aliphatic heterocycles. The van der Waals surface area contributed by atoms with Crippen LogP contribution in [0.1, 0.15) is 12.5 Å². The van der Waals surface area contributed by atoms with E-state index in [0.717, 1.165) is 42.5 Å². The van der Waals surface area contributed by atoms with Crippen LogP contribution in [-0.2, 0) is 0 Å². The molecule has 0 radical (unpaired) electrons. The van der Waals surface area contributed by atoms with Gasteiger partial charge in [0.25, 0.3) is 0 Å². The van der Waals surface area contributed by atoms with Crippen LogP contribution in [-0.4, -0.2) is 45.8 Å². The number of nitrogens with one attached hydrogen (secondary N) is 2. The standard InChI is InChI=1S/C13H18N6/c1-9-5-11(7-14-6-9)12-16-13(18-17-12)19-4-3-15-10(2)8-19/h5-7,10,15H,3-4,8H2,1-2H3,(H,16,17,18)/t10-/m0/s1. The molecule has 0 unspecified atom stereocenters. The first-order chi connectivity index (χ1) is 9.22. The Hall–Kier alpha value is -1.95. The maximum absolute atomic E-state index is 4.57. The molecule has 0 amide bonds. The van der Waals surface area contributed by atoms with Crippen molar-refractivity contribution in [2.75, 3.05) is 24.5 Å². The summed E-state index contributed by atoms with van der Waals surface area (Å²) in [5, 5.41) is 10.7. The highest BCUT2D eigenvalue weighted by Gasteiger charge is 2.19. The number of rotatable bonds is 2. The summed E-state index contributed by atoms with van der Waals surface area (Å²) >= 11 is 0. The lowest BCUT2D eigenvalue weighted by Crippen LogP contribution is -2.49. The summed E-state index contributed by atoms with van der Waals surface area (Å²) in [6, 6.07) is 2.52. The lowest BCUT2D eigenvalue weighted by molar-refractivity contribution is 0.480. The van der Waals surface area contributed by atoms with Crippen molar-refractivity contribution in [1.82, 2.24) is 25.5 Å². The van der Waals surface area contributed by atoms with Crippen molar-refractivity contribution < 1.29 is 0 Å². The second-order valence-electron chi connectivity index (χ2n) is 5.04. The third-order valence-electron chi connectivity index (χ3n) is 3.27. The maximum Gasteiger partial charge on any atom is 0.245 e. The van der Waals surface area contributed by atoms with Crippen LogP contribution in [0.25, 0.3) is 11.4 Å². The maximum atomic E-state index is 4.57. The first-order valence-electron chi connectivity index (χ1n) is 6.55. The van der Waals surface area contributed by atoms with Crippen LogP contribution in [0.15, 0.2) is 18.5 Å². The second kappa shape index (κ2) is 4.97. The Morgan fingerprint density at radius 3 is 3.05 bits per heavy atom. The lowest BCUT2D eigenvalue weighted by Gasteiger charge is -2.30. The fourth-order valence-corrected chi connectivity index (χ4v) is 2.32. The van der Waals surface area contributed by atoms with E-state index < -0.39 is 0 Å². The van der Waals surface area contributed by atoms with Crippen molar-refractivity contribution in [2.45, 2.75) is 19.9 Å². The molecule has 2 aromatic rings. The second-order valence-corrected chi connectivity index (χ2v) is 5.04. The van der Waals surface area contributed by atoms with E-state index in [1.54, 1.807) is 6.20 Å². The Morgan fingerprint density at radius 2 is 2.26 bits per heavy atom. The molecule has 0 spiro atoms. The number of aromatic nitrogens is 4. The van der Waals surface area contributed by atoms with E-state index >= 15 is 0 Å². The molecule has 6 heteroatoms. The van der Waals surface area contributed by atoms with Gasteiger partial charge >= 0.3 is 0 Å². The van der Waals surface area contributed by atoms with E-state index in [9.17, 15) is 0 Å². The summed E-state index contributed by atoms with van der Waals surface area (Å²) in [6.45, 7) is 7.03. The van der Waals surface area contributed by atoms with Gasteiger partial charge in [-0.25, -0.2) is 0 Å². The Labute approximate surface area is 112 Å². The van der Waals surface area contributed by atoms with Crippen molar-refractivity contribution in [1.29, 1.82) is 0 Å². The number of piperazine rings is 1. The number of hydrogen-bond acceptors (Lipinski definition) is 5. The van der Waals surface area contributed by atoms with Gasteiger partial charge < -0.3 is 10.2 Å². The number of hydrogen-bond donors (Lipinski definition) is 2. The summed E-state index contributed by atoms with van der Waals surface area (Å²) < 4.78 is 0. The number of anilines is 1. The third-order valence-corrected chi connectivity index (χ3v) is 3.27. The van der Waals surface area contributed by atoms with Gasteiger partial charge in [0.15, 0.2) is 5.82 Å². The van der Waals surface area contributed by atoms with E-state index in [1.807, 2.05) is 13.1 Å². The van der Waals surface area contributed by atoms with Crippen LogP contribution in [0.2, 0.25) is 0 Å². The molecule has 0 aromatic carbocycles. The van der Waals surface area contributed by atoms with Gasteiger partial charge in [0.1, 0.15) is 0 Å². The highest BCUT2D eigenvalue weighted by molar-refractivity contribution is 5.55. The van der Waals surface area contributed by atoms with Gasteiger partial charge in [0, 0.05) is 43.6 Å². The number of aryl methyl sites for hydroxylation is 1. The van der Waals surface area contributed by atoms with E-state index in [-0.39, 0.29) is 0 Å².